The first-order valence-corrected chi connectivity index (χ1v) is 23.7. The van der Waals surface area contributed by atoms with Gasteiger partial charge in [0.1, 0.15) is 0 Å². The highest BCUT2D eigenvalue weighted by Crippen LogP contribution is 2.57. The molecule has 0 saturated heterocycles. The lowest BCUT2D eigenvalue weighted by Gasteiger charge is -2.42. The molecule has 2 unspecified atom stereocenters. The topological polar surface area (TPSA) is 77.3 Å². The highest BCUT2D eigenvalue weighted by molar-refractivity contribution is 5.84. The smallest absolute Gasteiger partial charge is 0.208 e. The number of hydrogen-bond donors (Lipinski definition) is 0. The van der Waals surface area contributed by atoms with E-state index >= 15 is 0 Å². The quantitative estimate of drug-likeness (QED) is 0.151. The van der Waals surface area contributed by atoms with E-state index in [4.69, 9.17) is 29.9 Å². The van der Waals surface area contributed by atoms with Gasteiger partial charge in [-0.1, -0.05) is 200 Å². The summed E-state index contributed by atoms with van der Waals surface area (Å²) < 4.78 is 43.8. The molecular formula is C63H39F3N6. The van der Waals surface area contributed by atoms with E-state index in [9.17, 15) is 13.2 Å². The summed E-state index contributed by atoms with van der Waals surface area (Å²) in [6.07, 6.45) is -4.53. The maximum absolute atomic E-state index is 14.6. The number of rotatable bonds is 8. The van der Waals surface area contributed by atoms with E-state index in [1.807, 2.05) is 152 Å². The standard InChI is InChI=1S/C63H39F3N6/c64-63(65,66)44-31-34-49-54(37-44)56-48-33-30-42(59-67-57(40-21-9-3-10-22-40)69-61(71-59)50-27-15-13-25-45(50)38-17-5-1-6-18-38)35-52(48)55(49)47-32-29-43(36-53(47)56)60-68-58(41-23-11-4-12-24-41)70-62(72-60)51-28-16-14-26-46(51)39-19-7-2-8-20-39/h1-37,55-56H. The molecule has 3 aliphatic rings. The van der Waals surface area contributed by atoms with E-state index < -0.39 is 17.7 Å². The number of aromatic nitrogens is 6. The zero-order valence-corrected chi connectivity index (χ0v) is 38.3. The minimum Gasteiger partial charge on any atom is -0.208 e. The third kappa shape index (κ3) is 7.54. The average molecular weight is 937 g/mol. The first-order chi connectivity index (χ1) is 35.3. The van der Waals surface area contributed by atoms with Crippen molar-refractivity contribution < 1.29 is 13.2 Å². The molecule has 14 rings (SSSR count). The molecule has 0 radical (unpaired) electrons. The second kappa shape index (κ2) is 17.3. The summed E-state index contributed by atoms with van der Waals surface area (Å²) in [4.78, 5) is 30.7. The molecule has 9 heteroatoms. The average Bonchev–Trinajstić information content (AvgIpc) is 3.45. The second-order valence-electron chi connectivity index (χ2n) is 18.1. The molecule has 2 bridgehead atoms. The highest BCUT2D eigenvalue weighted by atomic mass is 19.4. The molecule has 9 aromatic carbocycles. The lowest BCUT2D eigenvalue weighted by molar-refractivity contribution is -0.137. The Morgan fingerprint density at radius 1 is 0.250 bits per heavy atom. The van der Waals surface area contributed by atoms with Gasteiger partial charge in [-0.25, -0.2) is 29.9 Å². The molecular weight excluding hydrogens is 898 g/mol. The van der Waals surface area contributed by atoms with Crippen molar-refractivity contribution in [1.29, 1.82) is 0 Å². The molecule has 0 spiro atoms. The first kappa shape index (κ1) is 42.9. The van der Waals surface area contributed by atoms with E-state index in [-0.39, 0.29) is 5.92 Å². The Labute approximate surface area is 413 Å². The van der Waals surface area contributed by atoms with Crippen molar-refractivity contribution in [2.45, 2.75) is 18.0 Å². The van der Waals surface area contributed by atoms with Crippen molar-refractivity contribution >= 4 is 0 Å². The van der Waals surface area contributed by atoms with Crippen LogP contribution >= 0.6 is 0 Å². The molecule has 3 aliphatic carbocycles. The Hall–Kier alpha value is -9.21. The van der Waals surface area contributed by atoms with Crippen molar-refractivity contribution in [3.8, 4) is 90.6 Å². The summed E-state index contributed by atoms with van der Waals surface area (Å²) in [6, 6.07) is 72.7. The number of alkyl halides is 3. The van der Waals surface area contributed by atoms with Gasteiger partial charge in [0.2, 0.25) is 0 Å². The first-order valence-electron chi connectivity index (χ1n) is 23.7. The van der Waals surface area contributed by atoms with Crippen molar-refractivity contribution in [1.82, 2.24) is 29.9 Å². The van der Waals surface area contributed by atoms with Gasteiger partial charge in [0.25, 0.3) is 0 Å². The van der Waals surface area contributed by atoms with Crippen LogP contribution in [0.1, 0.15) is 50.8 Å². The molecule has 0 aliphatic heterocycles. The van der Waals surface area contributed by atoms with Crippen LogP contribution in [0.25, 0.3) is 90.6 Å². The zero-order valence-electron chi connectivity index (χ0n) is 38.3. The van der Waals surface area contributed by atoms with Crippen LogP contribution < -0.4 is 0 Å². The summed E-state index contributed by atoms with van der Waals surface area (Å²) in [5, 5.41) is 0. The van der Waals surface area contributed by atoms with Gasteiger partial charge in [0, 0.05) is 45.2 Å². The van der Waals surface area contributed by atoms with Crippen LogP contribution in [0, 0.1) is 0 Å². The summed E-state index contributed by atoms with van der Waals surface area (Å²) >= 11 is 0. The zero-order chi connectivity index (χ0) is 48.3. The van der Waals surface area contributed by atoms with Crippen LogP contribution in [0.2, 0.25) is 0 Å². The van der Waals surface area contributed by atoms with Crippen molar-refractivity contribution in [2.24, 2.45) is 0 Å². The third-order valence-electron chi connectivity index (χ3n) is 13.8. The van der Waals surface area contributed by atoms with Gasteiger partial charge < -0.3 is 0 Å². The third-order valence-corrected chi connectivity index (χ3v) is 13.8. The van der Waals surface area contributed by atoms with Crippen molar-refractivity contribution in [3.05, 3.63) is 263 Å². The van der Waals surface area contributed by atoms with E-state index in [1.165, 1.54) is 12.1 Å². The van der Waals surface area contributed by atoms with Crippen LogP contribution in [0.4, 0.5) is 13.2 Å². The molecule has 0 fully saturated rings. The van der Waals surface area contributed by atoms with Crippen molar-refractivity contribution in [3.63, 3.8) is 0 Å². The minimum absolute atomic E-state index is 0.383. The van der Waals surface area contributed by atoms with E-state index in [1.54, 1.807) is 6.07 Å². The van der Waals surface area contributed by atoms with Gasteiger partial charge in [-0.3, -0.25) is 0 Å². The maximum atomic E-state index is 14.6. The summed E-state index contributed by atoms with van der Waals surface area (Å²) in [5.74, 6) is 2.12. The molecule has 0 N–H and O–H groups in total. The van der Waals surface area contributed by atoms with Gasteiger partial charge >= 0.3 is 6.18 Å². The monoisotopic (exact) mass is 936 g/mol. The Bertz CT molecular complexity index is 3860. The van der Waals surface area contributed by atoms with E-state index in [0.29, 0.717) is 40.5 Å². The largest absolute Gasteiger partial charge is 0.416 e. The number of halogens is 3. The molecule has 0 saturated carbocycles. The predicted octanol–water partition coefficient (Wildman–Crippen LogP) is 15.4. The number of hydrogen-bond acceptors (Lipinski definition) is 6. The van der Waals surface area contributed by atoms with Crippen LogP contribution in [-0.2, 0) is 6.18 Å². The van der Waals surface area contributed by atoms with E-state index in [2.05, 4.69) is 54.6 Å². The van der Waals surface area contributed by atoms with Crippen LogP contribution in [0.5, 0.6) is 0 Å². The lowest BCUT2D eigenvalue weighted by atomic mass is 9.60. The fraction of sp³-hybridized carbons (Fsp3) is 0.0476. The predicted molar refractivity (Wildman–Crippen MR) is 276 cm³/mol. The van der Waals surface area contributed by atoms with Gasteiger partial charge in [0.15, 0.2) is 34.9 Å². The summed E-state index contributed by atoms with van der Waals surface area (Å²) in [7, 11) is 0. The molecule has 2 aromatic heterocycles. The molecule has 6 nitrogen and oxygen atoms in total. The van der Waals surface area contributed by atoms with Crippen LogP contribution in [0.15, 0.2) is 224 Å². The molecule has 72 heavy (non-hydrogen) atoms. The second-order valence-corrected chi connectivity index (χ2v) is 18.1. The van der Waals surface area contributed by atoms with Crippen molar-refractivity contribution in [2.75, 3.05) is 0 Å². The molecule has 2 atom stereocenters. The Morgan fingerprint density at radius 2 is 0.556 bits per heavy atom. The Morgan fingerprint density at radius 3 is 0.958 bits per heavy atom. The SMILES string of the molecule is FC(F)(F)c1ccc2c(c1)C1c3ccc(-c4nc(-c5ccccc5)nc(-c5ccccc5-c5ccccc5)n4)cc3C2c2ccc(-c3nc(-c4ccccc4)nc(-c4ccccc4-c4ccccc4)n3)cc21. The Kier molecular flexibility index (Phi) is 10.3. The molecule has 2 heterocycles. The number of nitrogens with zero attached hydrogens (tertiary/aromatic N) is 6. The van der Waals surface area contributed by atoms with Gasteiger partial charge in [-0.05, 0) is 79.9 Å². The number of benzene rings is 9. The fourth-order valence-corrected chi connectivity index (χ4v) is 10.5. The molecule has 11 aromatic rings. The Balaban J connectivity index is 0.968. The molecule has 0 amide bonds. The summed E-state index contributed by atoms with van der Waals surface area (Å²) in [5.41, 5.74) is 13.5. The fourth-order valence-electron chi connectivity index (χ4n) is 10.5. The van der Waals surface area contributed by atoms with Crippen LogP contribution in [0.3, 0.4) is 0 Å². The summed E-state index contributed by atoms with van der Waals surface area (Å²) in [6.45, 7) is 0. The normalized spacial score (nSPS) is 14.3. The van der Waals surface area contributed by atoms with Gasteiger partial charge in [0.05, 0.1) is 5.56 Å². The highest BCUT2D eigenvalue weighted by Gasteiger charge is 2.43. The van der Waals surface area contributed by atoms with Gasteiger partial charge in [-0.2, -0.15) is 13.2 Å². The van der Waals surface area contributed by atoms with Crippen LogP contribution in [-0.4, -0.2) is 29.9 Å². The molecule has 342 valence electrons. The lowest BCUT2D eigenvalue weighted by Crippen LogP contribution is -2.28. The minimum atomic E-state index is -4.53. The van der Waals surface area contributed by atoms with Gasteiger partial charge in [-0.15, -0.1) is 0 Å². The van der Waals surface area contributed by atoms with E-state index in [0.717, 1.165) is 83.5 Å². The maximum Gasteiger partial charge on any atom is 0.416 e.